The number of hydrogen-bond donors (Lipinski definition) is 2. The predicted octanol–water partition coefficient (Wildman–Crippen LogP) is 2.62. The lowest BCUT2D eigenvalue weighted by atomic mass is 10.0. The lowest BCUT2D eigenvalue weighted by molar-refractivity contribution is -0.141. The van der Waals surface area contributed by atoms with Crippen LogP contribution in [-0.4, -0.2) is 26.8 Å². The van der Waals surface area contributed by atoms with E-state index in [0.717, 1.165) is 11.3 Å². The normalized spacial score (nSPS) is 22.8. The number of aromatic nitrogens is 2. The number of aliphatic carboxylic acids is 1. The molecule has 6 nitrogen and oxygen atoms in total. The van der Waals surface area contributed by atoms with Crippen molar-refractivity contribution in [2.24, 2.45) is 11.8 Å². The smallest absolute Gasteiger partial charge is 0.306 e. The van der Waals surface area contributed by atoms with E-state index in [-0.39, 0.29) is 29.3 Å². The molecule has 1 unspecified atom stereocenters. The van der Waals surface area contributed by atoms with E-state index in [2.05, 4.69) is 31.2 Å². The number of rotatable bonds is 4. The van der Waals surface area contributed by atoms with Gasteiger partial charge in [-0.3, -0.25) is 14.3 Å². The molecule has 1 aromatic rings. The molecule has 0 spiro atoms. The van der Waals surface area contributed by atoms with Crippen LogP contribution in [0.3, 0.4) is 0 Å². The number of carboxylic acids is 1. The molecule has 0 saturated heterocycles. The Morgan fingerprint density at radius 3 is 2.43 bits per heavy atom. The highest BCUT2D eigenvalue weighted by molar-refractivity contribution is 5.81. The fourth-order valence-corrected chi connectivity index (χ4v) is 3.10. The first-order valence-corrected chi connectivity index (χ1v) is 8.19. The van der Waals surface area contributed by atoms with Crippen LogP contribution in [0, 0.1) is 18.8 Å². The van der Waals surface area contributed by atoms with Crippen LogP contribution in [-0.2, 0) is 15.1 Å². The molecule has 0 aliphatic heterocycles. The standard InChI is InChI=1S/C17H27N3O3/c1-10(14-9-20(17(3,4)5)19-11(14)2)18-15(21)12-6-7-13(8-12)16(22)23/h9-10,12-13H,6-8H2,1-5H3,(H,18,21)(H,22,23)/t10?,12-,13+/m1/s1. The van der Waals surface area contributed by atoms with Gasteiger partial charge in [0.05, 0.1) is 23.2 Å². The summed E-state index contributed by atoms with van der Waals surface area (Å²) in [7, 11) is 0. The second-order valence-corrected chi connectivity index (χ2v) is 7.56. The zero-order valence-electron chi connectivity index (χ0n) is 14.6. The van der Waals surface area contributed by atoms with Crippen molar-refractivity contribution < 1.29 is 14.7 Å². The van der Waals surface area contributed by atoms with Gasteiger partial charge in [0.25, 0.3) is 0 Å². The minimum atomic E-state index is -0.796. The van der Waals surface area contributed by atoms with Crippen molar-refractivity contribution in [3.8, 4) is 0 Å². The van der Waals surface area contributed by atoms with Gasteiger partial charge in [-0.25, -0.2) is 0 Å². The van der Waals surface area contributed by atoms with Crippen LogP contribution in [0.1, 0.15) is 64.3 Å². The molecule has 0 aromatic carbocycles. The summed E-state index contributed by atoms with van der Waals surface area (Å²) in [6.45, 7) is 10.1. The molecular formula is C17H27N3O3. The first-order chi connectivity index (χ1) is 10.6. The average molecular weight is 321 g/mol. The van der Waals surface area contributed by atoms with Crippen molar-refractivity contribution >= 4 is 11.9 Å². The number of carbonyl (C=O) groups excluding carboxylic acids is 1. The molecule has 3 atom stereocenters. The average Bonchev–Trinajstić information content (AvgIpc) is 3.04. The number of hydrogen-bond acceptors (Lipinski definition) is 3. The Hall–Kier alpha value is -1.85. The van der Waals surface area contributed by atoms with Crippen molar-refractivity contribution in [3.05, 3.63) is 17.5 Å². The van der Waals surface area contributed by atoms with Gasteiger partial charge in [-0.1, -0.05) is 0 Å². The van der Waals surface area contributed by atoms with Crippen LogP contribution in [0.2, 0.25) is 0 Å². The Balaban J connectivity index is 2.02. The zero-order chi connectivity index (χ0) is 17.4. The number of nitrogens with zero attached hydrogens (tertiary/aromatic N) is 2. The maximum absolute atomic E-state index is 12.4. The summed E-state index contributed by atoms with van der Waals surface area (Å²) in [6.07, 6.45) is 3.65. The van der Waals surface area contributed by atoms with E-state index < -0.39 is 5.97 Å². The molecule has 1 aliphatic rings. The lowest BCUT2D eigenvalue weighted by Gasteiger charge is -2.19. The van der Waals surface area contributed by atoms with Gasteiger partial charge in [0.15, 0.2) is 0 Å². The molecule has 2 N–H and O–H groups in total. The van der Waals surface area contributed by atoms with Crippen LogP contribution in [0.25, 0.3) is 0 Å². The van der Waals surface area contributed by atoms with Crippen molar-refractivity contribution in [3.63, 3.8) is 0 Å². The Kier molecular flexibility index (Phi) is 4.82. The minimum Gasteiger partial charge on any atom is -0.481 e. The summed E-state index contributed by atoms with van der Waals surface area (Å²) in [5.74, 6) is -1.43. The molecule has 1 fully saturated rings. The third-order valence-electron chi connectivity index (χ3n) is 4.60. The van der Waals surface area contributed by atoms with Gasteiger partial charge in [0, 0.05) is 17.7 Å². The van der Waals surface area contributed by atoms with Crippen molar-refractivity contribution in [1.82, 2.24) is 15.1 Å². The van der Waals surface area contributed by atoms with E-state index in [0.29, 0.717) is 19.3 Å². The predicted molar refractivity (Wildman–Crippen MR) is 87.0 cm³/mol. The summed E-state index contributed by atoms with van der Waals surface area (Å²) in [6, 6.07) is -0.137. The topological polar surface area (TPSA) is 84.2 Å². The molecule has 1 heterocycles. The summed E-state index contributed by atoms with van der Waals surface area (Å²) in [4.78, 5) is 23.4. The quantitative estimate of drug-likeness (QED) is 0.893. The van der Waals surface area contributed by atoms with E-state index in [1.54, 1.807) is 0 Å². The summed E-state index contributed by atoms with van der Waals surface area (Å²) in [5.41, 5.74) is 1.80. The molecule has 23 heavy (non-hydrogen) atoms. The molecule has 1 amide bonds. The highest BCUT2D eigenvalue weighted by Gasteiger charge is 2.34. The molecule has 6 heteroatoms. The number of carboxylic acid groups (broad SMARTS) is 1. The molecular weight excluding hydrogens is 294 g/mol. The lowest BCUT2D eigenvalue weighted by Crippen LogP contribution is -2.32. The largest absolute Gasteiger partial charge is 0.481 e. The van der Waals surface area contributed by atoms with Crippen molar-refractivity contribution in [2.45, 2.75) is 65.5 Å². The molecule has 0 bridgehead atoms. The van der Waals surface area contributed by atoms with Gasteiger partial charge in [-0.05, 0) is 53.9 Å². The second-order valence-electron chi connectivity index (χ2n) is 7.56. The van der Waals surface area contributed by atoms with Gasteiger partial charge >= 0.3 is 5.97 Å². The molecule has 1 aliphatic carbocycles. The van der Waals surface area contributed by atoms with E-state index >= 15 is 0 Å². The molecule has 1 aromatic heterocycles. The van der Waals surface area contributed by atoms with Gasteiger partial charge in [-0.15, -0.1) is 0 Å². The van der Waals surface area contributed by atoms with Crippen LogP contribution in [0.5, 0.6) is 0 Å². The summed E-state index contributed by atoms with van der Waals surface area (Å²) < 4.78 is 1.91. The Bertz CT molecular complexity index is 601. The van der Waals surface area contributed by atoms with Gasteiger partial charge in [-0.2, -0.15) is 5.10 Å². The second kappa shape index (κ2) is 6.34. The highest BCUT2D eigenvalue weighted by atomic mass is 16.4. The molecule has 2 rings (SSSR count). The number of carbonyl (C=O) groups is 2. The SMILES string of the molecule is Cc1nn(C(C)(C)C)cc1C(C)NC(=O)[C@@H]1CC[C@H](C(=O)O)C1. The maximum atomic E-state index is 12.4. The fraction of sp³-hybridized carbons (Fsp3) is 0.706. The van der Waals surface area contributed by atoms with E-state index in [1.165, 1.54) is 0 Å². The number of amides is 1. The first kappa shape index (κ1) is 17.5. The van der Waals surface area contributed by atoms with E-state index in [1.807, 2.05) is 24.7 Å². The third-order valence-corrected chi connectivity index (χ3v) is 4.60. The van der Waals surface area contributed by atoms with Gasteiger partial charge < -0.3 is 10.4 Å². The summed E-state index contributed by atoms with van der Waals surface area (Å²) in [5, 5.41) is 16.6. The Morgan fingerprint density at radius 2 is 1.96 bits per heavy atom. The van der Waals surface area contributed by atoms with Gasteiger partial charge in [0.1, 0.15) is 0 Å². The fourth-order valence-electron chi connectivity index (χ4n) is 3.10. The van der Waals surface area contributed by atoms with Crippen molar-refractivity contribution in [1.29, 1.82) is 0 Å². The Labute approximate surface area is 137 Å². The van der Waals surface area contributed by atoms with E-state index in [4.69, 9.17) is 5.11 Å². The first-order valence-electron chi connectivity index (χ1n) is 8.19. The zero-order valence-corrected chi connectivity index (χ0v) is 14.6. The molecule has 128 valence electrons. The Morgan fingerprint density at radius 1 is 1.35 bits per heavy atom. The summed E-state index contributed by atoms with van der Waals surface area (Å²) >= 11 is 0. The molecule has 1 saturated carbocycles. The number of nitrogens with one attached hydrogen (secondary N) is 1. The van der Waals surface area contributed by atoms with E-state index in [9.17, 15) is 9.59 Å². The highest BCUT2D eigenvalue weighted by Crippen LogP contribution is 2.32. The van der Waals surface area contributed by atoms with Crippen molar-refractivity contribution in [2.75, 3.05) is 0 Å². The van der Waals surface area contributed by atoms with Gasteiger partial charge in [0.2, 0.25) is 5.91 Å². The third kappa shape index (κ3) is 3.92. The monoisotopic (exact) mass is 321 g/mol. The van der Waals surface area contributed by atoms with Crippen LogP contribution >= 0.6 is 0 Å². The maximum Gasteiger partial charge on any atom is 0.306 e. The number of aryl methyl sites for hydroxylation is 1. The molecule has 0 radical (unpaired) electrons. The van der Waals surface area contributed by atoms with Crippen LogP contribution < -0.4 is 5.32 Å². The minimum absolute atomic E-state index is 0.0517. The van der Waals surface area contributed by atoms with Crippen LogP contribution in [0.4, 0.5) is 0 Å². The van der Waals surface area contributed by atoms with Crippen LogP contribution in [0.15, 0.2) is 6.20 Å².